The highest BCUT2D eigenvalue weighted by atomic mass is 32.2. The lowest BCUT2D eigenvalue weighted by Crippen LogP contribution is -2.51. The van der Waals surface area contributed by atoms with Crippen LogP contribution in [0, 0.1) is 0 Å². The van der Waals surface area contributed by atoms with Gasteiger partial charge in [0.25, 0.3) is 0 Å². The number of thioether (sulfide) groups is 1. The fourth-order valence-electron chi connectivity index (χ4n) is 1.71. The third-order valence-corrected chi connectivity index (χ3v) is 3.49. The van der Waals surface area contributed by atoms with Crippen LogP contribution in [0.2, 0.25) is 0 Å². The van der Waals surface area contributed by atoms with Crippen molar-refractivity contribution in [3.8, 4) is 0 Å². The Balaban J connectivity index is 2.02. The van der Waals surface area contributed by atoms with Gasteiger partial charge in [0.2, 0.25) is 11.8 Å². The van der Waals surface area contributed by atoms with Crippen LogP contribution in [0.1, 0.15) is 6.42 Å². The molecule has 2 amide bonds. The summed E-state index contributed by atoms with van der Waals surface area (Å²) < 4.78 is 5.07. The third-order valence-electron chi connectivity index (χ3n) is 2.59. The second-order valence-corrected chi connectivity index (χ2v) is 4.88. The molecule has 0 aromatic heterocycles. The van der Waals surface area contributed by atoms with E-state index in [0.29, 0.717) is 24.5 Å². The van der Waals surface area contributed by atoms with Gasteiger partial charge >= 0.3 is 0 Å². The molecule has 0 aromatic carbocycles. The summed E-state index contributed by atoms with van der Waals surface area (Å²) in [6, 6.07) is 0. The molecule has 84 valence electrons. The number of hydrogen-bond donors (Lipinski definition) is 1. The van der Waals surface area contributed by atoms with Gasteiger partial charge in [-0.2, -0.15) is 0 Å². The maximum absolute atomic E-state index is 11.5. The quantitative estimate of drug-likeness (QED) is 0.633. The first kappa shape index (κ1) is 10.9. The first-order valence-corrected chi connectivity index (χ1v) is 5.97. The molecule has 0 aromatic rings. The standard InChI is InChI=1S/C9H13NO4S/c11-7-3-15-4-8(12)10(7)5-9(13)1-2-14-6-9/h13H,1-6H2. The molecular weight excluding hydrogens is 218 g/mol. The van der Waals surface area contributed by atoms with Gasteiger partial charge in [0.05, 0.1) is 24.7 Å². The summed E-state index contributed by atoms with van der Waals surface area (Å²) in [5.41, 5.74) is -1.03. The van der Waals surface area contributed by atoms with Crippen molar-refractivity contribution < 1.29 is 19.4 Å². The molecule has 1 atom stereocenters. The lowest BCUT2D eigenvalue weighted by atomic mass is 10.0. The Morgan fingerprint density at radius 1 is 1.40 bits per heavy atom. The number of imide groups is 1. The fourth-order valence-corrected chi connectivity index (χ4v) is 2.48. The Morgan fingerprint density at radius 2 is 2.07 bits per heavy atom. The number of hydrogen-bond acceptors (Lipinski definition) is 5. The van der Waals surface area contributed by atoms with Gasteiger partial charge in [-0.1, -0.05) is 0 Å². The number of β-amino-alcohol motifs (C(OH)–C–C–N with tert-alkyl or cyclic N) is 1. The molecule has 5 nitrogen and oxygen atoms in total. The summed E-state index contributed by atoms with van der Waals surface area (Å²) >= 11 is 1.32. The zero-order valence-corrected chi connectivity index (χ0v) is 9.09. The Labute approximate surface area is 91.8 Å². The largest absolute Gasteiger partial charge is 0.386 e. The average Bonchev–Trinajstić information content (AvgIpc) is 2.60. The number of ether oxygens (including phenoxy) is 1. The summed E-state index contributed by atoms with van der Waals surface area (Å²) in [5.74, 6) is 0.221. The highest BCUT2D eigenvalue weighted by molar-refractivity contribution is 8.00. The fraction of sp³-hybridized carbons (Fsp3) is 0.778. The minimum atomic E-state index is -1.03. The van der Waals surface area contributed by atoms with E-state index in [2.05, 4.69) is 0 Å². The molecule has 15 heavy (non-hydrogen) atoms. The van der Waals surface area contributed by atoms with Crippen molar-refractivity contribution in [2.45, 2.75) is 12.0 Å². The Kier molecular flexibility index (Phi) is 2.99. The predicted octanol–water partition coefficient (Wildman–Crippen LogP) is -0.760. The SMILES string of the molecule is O=C1CSCC(=O)N1CC1(O)CCOC1. The summed E-state index contributed by atoms with van der Waals surface area (Å²) in [4.78, 5) is 24.1. The van der Waals surface area contributed by atoms with Crippen molar-refractivity contribution >= 4 is 23.6 Å². The summed E-state index contributed by atoms with van der Waals surface area (Å²) in [6.45, 7) is 0.768. The highest BCUT2D eigenvalue weighted by Crippen LogP contribution is 2.22. The van der Waals surface area contributed by atoms with Crippen LogP contribution in [0.4, 0.5) is 0 Å². The molecule has 0 saturated carbocycles. The summed E-state index contributed by atoms with van der Waals surface area (Å²) in [6.07, 6.45) is 0.483. The smallest absolute Gasteiger partial charge is 0.239 e. The van der Waals surface area contributed by atoms with Crippen LogP contribution in [0.15, 0.2) is 0 Å². The van der Waals surface area contributed by atoms with Gasteiger partial charge in [0.1, 0.15) is 5.60 Å². The van der Waals surface area contributed by atoms with Gasteiger partial charge in [-0.3, -0.25) is 14.5 Å². The van der Waals surface area contributed by atoms with E-state index in [1.54, 1.807) is 0 Å². The average molecular weight is 231 g/mol. The maximum atomic E-state index is 11.5. The van der Waals surface area contributed by atoms with E-state index in [9.17, 15) is 14.7 Å². The minimum absolute atomic E-state index is 0.0746. The van der Waals surface area contributed by atoms with Crippen LogP contribution in [0.25, 0.3) is 0 Å². The number of aliphatic hydroxyl groups is 1. The van der Waals surface area contributed by atoms with Crippen molar-refractivity contribution in [1.82, 2.24) is 4.90 Å². The second kappa shape index (κ2) is 4.11. The van der Waals surface area contributed by atoms with Gasteiger partial charge in [-0.25, -0.2) is 0 Å². The second-order valence-electron chi connectivity index (χ2n) is 3.89. The molecule has 1 unspecified atom stereocenters. The number of carbonyl (C=O) groups is 2. The lowest BCUT2D eigenvalue weighted by Gasteiger charge is -2.31. The Morgan fingerprint density at radius 3 is 2.60 bits per heavy atom. The van der Waals surface area contributed by atoms with Crippen LogP contribution >= 0.6 is 11.8 Å². The van der Waals surface area contributed by atoms with E-state index in [4.69, 9.17) is 4.74 Å². The van der Waals surface area contributed by atoms with Crippen molar-refractivity contribution in [3.05, 3.63) is 0 Å². The molecule has 2 aliphatic heterocycles. The first-order valence-electron chi connectivity index (χ1n) is 4.82. The molecule has 2 rings (SSSR count). The topological polar surface area (TPSA) is 66.8 Å². The number of carbonyl (C=O) groups excluding carboxylic acids is 2. The lowest BCUT2D eigenvalue weighted by molar-refractivity contribution is -0.146. The van der Waals surface area contributed by atoms with Gasteiger partial charge in [-0.15, -0.1) is 11.8 Å². The number of nitrogens with zero attached hydrogens (tertiary/aromatic N) is 1. The van der Waals surface area contributed by atoms with Crippen molar-refractivity contribution in [2.24, 2.45) is 0 Å². The molecule has 0 spiro atoms. The van der Waals surface area contributed by atoms with Gasteiger partial charge < -0.3 is 9.84 Å². The molecule has 0 aliphatic carbocycles. The van der Waals surface area contributed by atoms with E-state index >= 15 is 0 Å². The number of rotatable bonds is 2. The maximum Gasteiger partial charge on any atom is 0.239 e. The van der Waals surface area contributed by atoms with Gasteiger partial charge in [0.15, 0.2) is 0 Å². The first-order chi connectivity index (χ1) is 7.11. The van der Waals surface area contributed by atoms with Crippen LogP contribution in [0.5, 0.6) is 0 Å². The van der Waals surface area contributed by atoms with Crippen LogP contribution in [-0.2, 0) is 14.3 Å². The Hall–Kier alpha value is -0.590. The van der Waals surface area contributed by atoms with Crippen LogP contribution in [-0.4, -0.2) is 58.7 Å². The molecule has 0 radical (unpaired) electrons. The van der Waals surface area contributed by atoms with Crippen molar-refractivity contribution in [1.29, 1.82) is 0 Å². The summed E-state index contributed by atoms with van der Waals surface area (Å²) in [7, 11) is 0. The van der Waals surface area contributed by atoms with Gasteiger partial charge in [0, 0.05) is 13.0 Å². The molecule has 2 aliphatic rings. The Bertz CT molecular complexity index is 272. The van der Waals surface area contributed by atoms with Crippen molar-refractivity contribution in [3.63, 3.8) is 0 Å². The van der Waals surface area contributed by atoms with E-state index in [-0.39, 0.29) is 25.0 Å². The molecule has 6 heteroatoms. The molecule has 2 fully saturated rings. The summed E-state index contributed by atoms with van der Waals surface area (Å²) in [5, 5.41) is 10.0. The van der Waals surface area contributed by atoms with Crippen molar-refractivity contribution in [2.75, 3.05) is 31.3 Å². The van der Waals surface area contributed by atoms with E-state index < -0.39 is 5.60 Å². The molecule has 2 saturated heterocycles. The van der Waals surface area contributed by atoms with Crippen LogP contribution in [0.3, 0.4) is 0 Å². The predicted molar refractivity (Wildman–Crippen MR) is 54.4 cm³/mol. The zero-order chi connectivity index (χ0) is 10.9. The minimum Gasteiger partial charge on any atom is -0.386 e. The normalized spacial score (nSPS) is 32.5. The molecule has 1 N–H and O–H groups in total. The molecule has 0 bridgehead atoms. The third kappa shape index (κ3) is 2.32. The zero-order valence-electron chi connectivity index (χ0n) is 8.27. The highest BCUT2D eigenvalue weighted by Gasteiger charge is 2.38. The number of amides is 2. The molecular formula is C9H13NO4S. The molecule has 2 heterocycles. The van der Waals surface area contributed by atoms with Crippen LogP contribution < -0.4 is 0 Å². The van der Waals surface area contributed by atoms with E-state index in [1.807, 2.05) is 0 Å². The van der Waals surface area contributed by atoms with E-state index in [1.165, 1.54) is 11.8 Å². The van der Waals surface area contributed by atoms with Gasteiger partial charge in [-0.05, 0) is 0 Å². The monoisotopic (exact) mass is 231 g/mol. The van der Waals surface area contributed by atoms with E-state index in [0.717, 1.165) is 4.90 Å².